The van der Waals surface area contributed by atoms with E-state index in [0.29, 0.717) is 41.4 Å². The van der Waals surface area contributed by atoms with E-state index < -0.39 is 12.1 Å². The van der Waals surface area contributed by atoms with Crippen molar-refractivity contribution < 1.29 is 27.2 Å². The number of aromatic nitrogens is 2. The predicted molar refractivity (Wildman–Crippen MR) is 101 cm³/mol. The van der Waals surface area contributed by atoms with Crippen molar-refractivity contribution in [3.05, 3.63) is 65.0 Å². The van der Waals surface area contributed by atoms with Gasteiger partial charge < -0.3 is 14.2 Å². The number of amides is 1. The topological polar surface area (TPSA) is 68.5 Å². The van der Waals surface area contributed by atoms with Crippen LogP contribution in [-0.2, 0) is 6.18 Å². The third-order valence-corrected chi connectivity index (χ3v) is 4.80. The van der Waals surface area contributed by atoms with Gasteiger partial charge in [-0.3, -0.25) is 4.79 Å². The molecule has 1 fully saturated rings. The zero-order valence-corrected chi connectivity index (χ0v) is 16.2. The second-order valence-electron chi connectivity index (χ2n) is 6.74. The predicted octanol–water partition coefficient (Wildman–Crippen LogP) is 4.70. The Kier molecular flexibility index (Phi) is 5.38. The van der Waals surface area contributed by atoms with Crippen molar-refractivity contribution in [3.63, 3.8) is 0 Å². The van der Waals surface area contributed by atoms with Crippen LogP contribution in [0.5, 0.6) is 5.75 Å². The molecule has 2 aromatic carbocycles. The summed E-state index contributed by atoms with van der Waals surface area (Å²) in [6.45, 7) is 0.908. The number of benzene rings is 2. The molecule has 10 heteroatoms. The molecule has 30 heavy (non-hydrogen) atoms. The third kappa shape index (κ3) is 4.40. The van der Waals surface area contributed by atoms with E-state index in [0.717, 1.165) is 0 Å². The molecule has 0 N–H and O–H groups in total. The first-order valence-corrected chi connectivity index (χ1v) is 9.40. The van der Waals surface area contributed by atoms with Crippen LogP contribution in [0.25, 0.3) is 11.4 Å². The van der Waals surface area contributed by atoms with Crippen LogP contribution in [0.15, 0.2) is 53.1 Å². The number of likely N-dealkylation sites (tertiary alicyclic amines) is 1. The van der Waals surface area contributed by atoms with Gasteiger partial charge in [-0.1, -0.05) is 35.0 Å². The van der Waals surface area contributed by atoms with Crippen molar-refractivity contribution in [2.45, 2.75) is 18.7 Å². The molecule has 0 bridgehead atoms. The molecule has 6 nitrogen and oxygen atoms in total. The number of carbonyl (C=O) groups is 1. The number of halogens is 4. The third-order valence-electron chi connectivity index (χ3n) is 4.57. The van der Waals surface area contributed by atoms with Gasteiger partial charge in [-0.25, -0.2) is 0 Å². The Labute approximate surface area is 174 Å². The van der Waals surface area contributed by atoms with Crippen molar-refractivity contribution in [2.24, 2.45) is 0 Å². The highest BCUT2D eigenvalue weighted by atomic mass is 35.5. The van der Waals surface area contributed by atoms with E-state index in [1.807, 2.05) is 0 Å². The summed E-state index contributed by atoms with van der Waals surface area (Å²) in [6, 6.07) is 13.1. The average molecular weight is 438 g/mol. The van der Waals surface area contributed by atoms with Crippen LogP contribution in [0.3, 0.4) is 0 Å². The Bertz CT molecular complexity index is 1070. The number of nitrogens with zero attached hydrogens (tertiary/aromatic N) is 3. The maximum absolute atomic E-state index is 12.7. The zero-order chi connectivity index (χ0) is 21.3. The number of carbonyl (C=O) groups excluding carboxylic acids is 1. The van der Waals surface area contributed by atoms with Crippen LogP contribution >= 0.6 is 11.6 Å². The van der Waals surface area contributed by atoms with E-state index in [-0.39, 0.29) is 17.8 Å². The molecule has 1 aliphatic rings. The number of ether oxygens (including phenoxy) is 1. The van der Waals surface area contributed by atoms with E-state index in [4.69, 9.17) is 16.3 Å². The van der Waals surface area contributed by atoms with Crippen molar-refractivity contribution >= 4 is 17.5 Å². The van der Waals surface area contributed by atoms with Crippen LogP contribution in [0, 0.1) is 0 Å². The minimum absolute atomic E-state index is 0.135. The van der Waals surface area contributed by atoms with Crippen molar-refractivity contribution in [1.82, 2.24) is 15.0 Å². The highest BCUT2D eigenvalue weighted by molar-refractivity contribution is 6.30. The monoisotopic (exact) mass is 437 g/mol. The molecule has 0 saturated carbocycles. The number of alkyl halides is 3. The lowest BCUT2D eigenvalue weighted by Gasteiger charge is -2.17. The van der Waals surface area contributed by atoms with Gasteiger partial charge >= 0.3 is 12.1 Å². The number of hydrogen-bond donors (Lipinski definition) is 0. The molecule has 2 heterocycles. The van der Waals surface area contributed by atoms with Crippen molar-refractivity contribution in [3.8, 4) is 17.1 Å². The largest absolute Gasteiger partial charge is 0.488 e. The number of hydrogen-bond acceptors (Lipinski definition) is 5. The molecule has 0 aliphatic carbocycles. The maximum Gasteiger partial charge on any atom is 0.471 e. The lowest BCUT2D eigenvalue weighted by atomic mass is 10.2. The van der Waals surface area contributed by atoms with Gasteiger partial charge in [-0.15, -0.1) is 0 Å². The molecule has 1 atom stereocenters. The second-order valence-corrected chi connectivity index (χ2v) is 7.18. The average Bonchev–Trinajstić information content (AvgIpc) is 3.37. The Hall–Kier alpha value is -3.07. The van der Waals surface area contributed by atoms with Gasteiger partial charge in [-0.05, 0) is 30.3 Å². The van der Waals surface area contributed by atoms with Gasteiger partial charge in [-0.2, -0.15) is 18.2 Å². The SMILES string of the molecule is O=C(c1cccc(Cl)c1)N1CC[C@@H](Oc2cccc(-c3noc(C(F)(F)F)n3)c2)C1. The quantitative estimate of drug-likeness (QED) is 0.591. The summed E-state index contributed by atoms with van der Waals surface area (Å²) in [7, 11) is 0. The Morgan fingerprint density at radius 1 is 1.20 bits per heavy atom. The van der Waals surface area contributed by atoms with Gasteiger partial charge in [0.05, 0.1) is 6.54 Å². The molecule has 1 aliphatic heterocycles. The Morgan fingerprint density at radius 2 is 2.00 bits per heavy atom. The van der Waals surface area contributed by atoms with E-state index >= 15 is 0 Å². The molecule has 1 saturated heterocycles. The van der Waals surface area contributed by atoms with Crippen LogP contribution in [-0.4, -0.2) is 40.1 Å². The molecule has 0 spiro atoms. The summed E-state index contributed by atoms with van der Waals surface area (Å²) in [5.41, 5.74) is 0.833. The van der Waals surface area contributed by atoms with E-state index in [9.17, 15) is 18.0 Å². The fraction of sp³-hybridized carbons (Fsp3) is 0.250. The first-order valence-electron chi connectivity index (χ1n) is 9.02. The molecular weight excluding hydrogens is 423 g/mol. The molecular formula is C20H15ClF3N3O3. The summed E-state index contributed by atoms with van der Waals surface area (Å²) >= 11 is 5.95. The normalized spacial score (nSPS) is 16.7. The van der Waals surface area contributed by atoms with Crippen molar-refractivity contribution in [2.75, 3.05) is 13.1 Å². The Balaban J connectivity index is 1.42. The molecule has 156 valence electrons. The van der Waals surface area contributed by atoms with E-state index in [2.05, 4.69) is 14.7 Å². The highest BCUT2D eigenvalue weighted by Crippen LogP contribution is 2.30. The van der Waals surface area contributed by atoms with Crippen molar-refractivity contribution in [1.29, 1.82) is 0 Å². The second kappa shape index (κ2) is 7.98. The molecule has 0 radical (unpaired) electrons. The van der Waals surface area contributed by atoms with E-state index in [1.54, 1.807) is 47.4 Å². The molecule has 4 rings (SSSR count). The summed E-state index contributed by atoms with van der Waals surface area (Å²) in [5.74, 6) is -1.29. The fourth-order valence-corrected chi connectivity index (χ4v) is 3.36. The van der Waals surface area contributed by atoms with E-state index in [1.165, 1.54) is 6.07 Å². The lowest BCUT2D eigenvalue weighted by Crippen LogP contribution is -2.30. The molecule has 3 aromatic rings. The minimum Gasteiger partial charge on any atom is -0.488 e. The lowest BCUT2D eigenvalue weighted by molar-refractivity contribution is -0.159. The van der Waals surface area contributed by atoms with Crippen LogP contribution in [0.1, 0.15) is 22.7 Å². The summed E-state index contributed by atoms with van der Waals surface area (Å²) in [5, 5.41) is 3.86. The number of rotatable bonds is 4. The Morgan fingerprint density at radius 3 is 2.73 bits per heavy atom. The van der Waals surface area contributed by atoms with Gasteiger partial charge in [0.15, 0.2) is 0 Å². The summed E-state index contributed by atoms with van der Waals surface area (Å²) in [4.78, 5) is 17.7. The zero-order valence-electron chi connectivity index (χ0n) is 15.4. The van der Waals surface area contributed by atoms with Gasteiger partial charge in [0.25, 0.3) is 5.91 Å². The summed E-state index contributed by atoms with van der Waals surface area (Å²) < 4.78 is 48.1. The van der Waals surface area contributed by atoms with Gasteiger partial charge in [0, 0.05) is 29.1 Å². The van der Waals surface area contributed by atoms with Crippen LogP contribution in [0.4, 0.5) is 13.2 Å². The highest BCUT2D eigenvalue weighted by Gasteiger charge is 2.38. The summed E-state index contributed by atoms with van der Waals surface area (Å²) in [6.07, 6.45) is -4.33. The van der Waals surface area contributed by atoms with Crippen LogP contribution in [0.2, 0.25) is 5.02 Å². The molecule has 1 aromatic heterocycles. The smallest absolute Gasteiger partial charge is 0.471 e. The first kappa shape index (κ1) is 20.2. The van der Waals surface area contributed by atoms with Gasteiger partial charge in [0.2, 0.25) is 5.82 Å². The minimum atomic E-state index is -4.71. The van der Waals surface area contributed by atoms with Gasteiger partial charge in [0.1, 0.15) is 11.9 Å². The molecule has 0 unspecified atom stereocenters. The first-order chi connectivity index (χ1) is 14.3. The standard InChI is InChI=1S/C20H15ClF3N3O3/c21-14-5-1-4-13(9-14)18(28)27-8-7-16(11-27)29-15-6-2-3-12(10-15)17-25-19(30-26-17)20(22,23)24/h1-6,9-10,16H,7-8,11H2/t16-/m1/s1. The fourth-order valence-electron chi connectivity index (χ4n) is 3.17. The molecule has 1 amide bonds. The maximum atomic E-state index is 12.7. The van der Waals surface area contributed by atoms with Crippen LogP contribution < -0.4 is 4.74 Å².